The van der Waals surface area contributed by atoms with Crippen LogP contribution in [0, 0.1) is 0 Å². The van der Waals surface area contributed by atoms with Crippen molar-refractivity contribution in [1.82, 2.24) is 20.2 Å². The molecule has 1 aliphatic rings. The SMILES string of the molecule is CNC(=O)[C@@H]1C[C@@H](N)CN1C(=O)c1cnc(N)nc1-c1ccccc1. The van der Waals surface area contributed by atoms with E-state index < -0.39 is 6.04 Å². The molecule has 25 heavy (non-hydrogen) atoms. The Morgan fingerprint density at radius 1 is 1.28 bits per heavy atom. The van der Waals surface area contributed by atoms with Crippen LogP contribution in [-0.2, 0) is 4.79 Å². The van der Waals surface area contributed by atoms with Crippen LogP contribution in [0.25, 0.3) is 11.3 Å². The molecule has 1 aliphatic heterocycles. The molecule has 2 amide bonds. The number of nitrogen functional groups attached to an aromatic ring is 1. The summed E-state index contributed by atoms with van der Waals surface area (Å²) in [6.45, 7) is 0.301. The van der Waals surface area contributed by atoms with Crippen LogP contribution in [0.15, 0.2) is 36.5 Å². The smallest absolute Gasteiger partial charge is 0.258 e. The molecular weight excluding hydrogens is 320 g/mol. The number of rotatable bonds is 3. The van der Waals surface area contributed by atoms with Crippen molar-refractivity contribution in [3.05, 3.63) is 42.1 Å². The van der Waals surface area contributed by atoms with E-state index in [4.69, 9.17) is 11.5 Å². The fraction of sp³-hybridized carbons (Fsp3) is 0.294. The Balaban J connectivity index is 2.01. The molecule has 8 nitrogen and oxygen atoms in total. The summed E-state index contributed by atoms with van der Waals surface area (Å²) in [6, 6.07) is 8.39. The molecule has 1 aromatic heterocycles. The van der Waals surface area contributed by atoms with Gasteiger partial charge in [-0.2, -0.15) is 0 Å². The van der Waals surface area contributed by atoms with Gasteiger partial charge in [-0.25, -0.2) is 9.97 Å². The largest absolute Gasteiger partial charge is 0.368 e. The third-order valence-corrected chi connectivity index (χ3v) is 4.23. The van der Waals surface area contributed by atoms with Gasteiger partial charge in [-0.1, -0.05) is 30.3 Å². The standard InChI is InChI=1S/C17H20N6O2/c1-20-15(24)13-7-11(18)9-23(13)16(25)12-8-21-17(19)22-14(12)10-5-3-2-4-6-10/h2-6,8,11,13H,7,9,18H2,1H3,(H,20,24)(H2,19,21,22)/t11-,13+/m1/s1. The van der Waals surface area contributed by atoms with Crippen LogP contribution in [0.1, 0.15) is 16.8 Å². The van der Waals surface area contributed by atoms with Crippen molar-refractivity contribution in [3.8, 4) is 11.3 Å². The van der Waals surface area contributed by atoms with Crippen LogP contribution >= 0.6 is 0 Å². The van der Waals surface area contributed by atoms with Gasteiger partial charge in [0.25, 0.3) is 5.91 Å². The molecule has 1 fully saturated rings. The monoisotopic (exact) mass is 340 g/mol. The first-order chi connectivity index (χ1) is 12.0. The highest BCUT2D eigenvalue weighted by Gasteiger charge is 2.39. The number of nitrogens with two attached hydrogens (primary N) is 2. The van der Waals surface area contributed by atoms with Crippen molar-refractivity contribution in [1.29, 1.82) is 0 Å². The van der Waals surface area contributed by atoms with Crippen LogP contribution in [0.2, 0.25) is 0 Å². The molecule has 130 valence electrons. The second-order valence-corrected chi connectivity index (χ2v) is 5.94. The topological polar surface area (TPSA) is 127 Å². The van der Waals surface area contributed by atoms with Gasteiger partial charge in [-0.15, -0.1) is 0 Å². The van der Waals surface area contributed by atoms with Gasteiger partial charge in [0.1, 0.15) is 6.04 Å². The minimum atomic E-state index is -0.603. The van der Waals surface area contributed by atoms with Crippen LogP contribution in [0.3, 0.4) is 0 Å². The number of benzene rings is 1. The van der Waals surface area contributed by atoms with Crippen molar-refractivity contribution >= 4 is 17.8 Å². The molecule has 2 heterocycles. The molecule has 0 spiro atoms. The number of nitrogens with zero attached hydrogens (tertiary/aromatic N) is 3. The van der Waals surface area contributed by atoms with Gasteiger partial charge in [0, 0.05) is 31.4 Å². The predicted molar refractivity (Wildman–Crippen MR) is 93.4 cm³/mol. The molecule has 3 rings (SSSR count). The number of carbonyl (C=O) groups is 2. The summed E-state index contributed by atoms with van der Waals surface area (Å²) >= 11 is 0. The van der Waals surface area contributed by atoms with Crippen LogP contribution in [0.4, 0.5) is 5.95 Å². The van der Waals surface area contributed by atoms with Gasteiger partial charge in [0.2, 0.25) is 11.9 Å². The Kier molecular flexibility index (Phi) is 4.62. The first kappa shape index (κ1) is 16.8. The molecule has 0 bridgehead atoms. The summed E-state index contributed by atoms with van der Waals surface area (Å²) < 4.78 is 0. The third-order valence-electron chi connectivity index (χ3n) is 4.23. The second-order valence-electron chi connectivity index (χ2n) is 5.94. The highest BCUT2D eigenvalue weighted by atomic mass is 16.2. The normalized spacial score (nSPS) is 19.7. The zero-order valence-electron chi connectivity index (χ0n) is 13.8. The molecule has 2 aromatic rings. The molecule has 1 aromatic carbocycles. The van der Waals surface area contributed by atoms with Gasteiger partial charge in [0.05, 0.1) is 11.3 Å². The van der Waals surface area contributed by atoms with Crippen molar-refractivity contribution in [2.45, 2.75) is 18.5 Å². The fourth-order valence-electron chi connectivity index (χ4n) is 3.03. The quantitative estimate of drug-likeness (QED) is 0.722. The lowest BCUT2D eigenvalue weighted by molar-refractivity contribution is -0.124. The van der Waals surface area contributed by atoms with Gasteiger partial charge in [-0.05, 0) is 6.42 Å². The first-order valence-corrected chi connectivity index (χ1v) is 7.97. The molecule has 0 saturated carbocycles. The third kappa shape index (κ3) is 3.29. The number of nitrogens with one attached hydrogen (secondary N) is 1. The van der Waals surface area contributed by atoms with E-state index >= 15 is 0 Å². The minimum Gasteiger partial charge on any atom is -0.368 e. The number of aromatic nitrogens is 2. The number of likely N-dealkylation sites (N-methyl/N-ethyl adjacent to an activating group) is 1. The van der Waals surface area contributed by atoms with Crippen molar-refractivity contribution in [3.63, 3.8) is 0 Å². The first-order valence-electron chi connectivity index (χ1n) is 7.97. The zero-order chi connectivity index (χ0) is 18.0. The van der Waals surface area contributed by atoms with E-state index in [2.05, 4.69) is 15.3 Å². The second kappa shape index (κ2) is 6.86. The summed E-state index contributed by atoms with van der Waals surface area (Å²) in [5.74, 6) is -0.490. The number of amides is 2. The lowest BCUT2D eigenvalue weighted by Crippen LogP contribution is -2.45. The summed E-state index contributed by atoms with van der Waals surface area (Å²) in [6.07, 6.45) is 1.82. The number of hydrogen-bond donors (Lipinski definition) is 3. The minimum absolute atomic E-state index is 0.0800. The molecule has 2 atom stereocenters. The lowest BCUT2D eigenvalue weighted by atomic mass is 10.1. The maximum absolute atomic E-state index is 13.1. The van der Waals surface area contributed by atoms with E-state index in [9.17, 15) is 9.59 Å². The van der Waals surface area contributed by atoms with Crippen LogP contribution in [-0.4, -0.2) is 52.4 Å². The summed E-state index contributed by atoms with van der Waals surface area (Å²) in [5.41, 5.74) is 13.2. The van der Waals surface area contributed by atoms with Crippen molar-refractivity contribution < 1.29 is 9.59 Å². The maximum Gasteiger partial charge on any atom is 0.258 e. The van der Waals surface area contributed by atoms with E-state index in [-0.39, 0.29) is 23.8 Å². The maximum atomic E-state index is 13.1. The van der Waals surface area contributed by atoms with E-state index in [0.717, 1.165) is 5.56 Å². The van der Waals surface area contributed by atoms with Crippen LogP contribution < -0.4 is 16.8 Å². The Hall–Kier alpha value is -3.00. The average molecular weight is 340 g/mol. The number of hydrogen-bond acceptors (Lipinski definition) is 6. The zero-order valence-corrected chi connectivity index (χ0v) is 13.8. The number of carbonyl (C=O) groups excluding carboxylic acids is 2. The Bertz CT molecular complexity index is 795. The van der Waals surface area contributed by atoms with Gasteiger partial charge in [0.15, 0.2) is 0 Å². The molecule has 8 heteroatoms. The average Bonchev–Trinajstić information content (AvgIpc) is 3.03. The summed E-state index contributed by atoms with van der Waals surface area (Å²) in [5, 5.41) is 2.58. The molecular formula is C17H20N6O2. The van der Waals surface area contributed by atoms with E-state index in [1.165, 1.54) is 18.1 Å². The molecule has 0 radical (unpaired) electrons. The predicted octanol–water partition coefficient (Wildman–Crippen LogP) is 0.0136. The van der Waals surface area contributed by atoms with Crippen molar-refractivity contribution in [2.75, 3.05) is 19.3 Å². The van der Waals surface area contributed by atoms with Gasteiger partial charge < -0.3 is 21.7 Å². The van der Waals surface area contributed by atoms with Gasteiger partial charge in [-0.3, -0.25) is 9.59 Å². The number of likely N-dealkylation sites (tertiary alicyclic amines) is 1. The Labute approximate surface area is 145 Å². The highest BCUT2D eigenvalue weighted by Crippen LogP contribution is 2.26. The summed E-state index contributed by atoms with van der Waals surface area (Å²) in [4.78, 5) is 34.9. The van der Waals surface area contributed by atoms with Crippen molar-refractivity contribution in [2.24, 2.45) is 5.73 Å². The molecule has 0 unspecified atom stereocenters. The van der Waals surface area contributed by atoms with E-state index in [0.29, 0.717) is 24.2 Å². The molecule has 1 saturated heterocycles. The summed E-state index contributed by atoms with van der Waals surface area (Å²) in [7, 11) is 1.54. The highest BCUT2D eigenvalue weighted by molar-refractivity contribution is 6.02. The Morgan fingerprint density at radius 2 is 2.00 bits per heavy atom. The van der Waals surface area contributed by atoms with E-state index in [1.807, 2.05) is 30.3 Å². The van der Waals surface area contributed by atoms with E-state index in [1.54, 1.807) is 0 Å². The van der Waals surface area contributed by atoms with Crippen LogP contribution in [0.5, 0.6) is 0 Å². The lowest BCUT2D eigenvalue weighted by Gasteiger charge is -2.24. The molecule has 0 aliphatic carbocycles. The molecule has 5 N–H and O–H groups in total. The van der Waals surface area contributed by atoms with Gasteiger partial charge >= 0.3 is 0 Å². The Morgan fingerprint density at radius 3 is 2.68 bits per heavy atom. The fourth-order valence-corrected chi connectivity index (χ4v) is 3.03. The number of anilines is 1.